The molecule has 0 unspecified atom stereocenters. The van der Waals surface area contributed by atoms with Crippen LogP contribution in [-0.2, 0) is 9.59 Å². The summed E-state index contributed by atoms with van der Waals surface area (Å²) in [5, 5.41) is 11.5. The number of carbonyl (C=O) groups excluding carboxylic acids is 2. The second kappa shape index (κ2) is 4.68. The van der Waals surface area contributed by atoms with E-state index in [1.165, 1.54) is 25.3 Å². The summed E-state index contributed by atoms with van der Waals surface area (Å²) in [6, 6.07) is 4.22. The molecular formula is C18H16N2O5. The molecule has 2 saturated carbocycles. The number of ether oxygens (including phenoxy) is 1. The lowest BCUT2D eigenvalue weighted by molar-refractivity contribution is -0.384. The maximum absolute atomic E-state index is 13.1. The molecule has 5 aliphatic rings. The van der Waals surface area contributed by atoms with Crippen LogP contribution in [-0.4, -0.2) is 23.8 Å². The van der Waals surface area contributed by atoms with Crippen LogP contribution in [0.5, 0.6) is 5.75 Å². The molecule has 0 N–H and O–H groups in total. The second-order valence-electron chi connectivity index (χ2n) is 7.28. The van der Waals surface area contributed by atoms with Gasteiger partial charge in [0.1, 0.15) is 11.4 Å². The molecule has 6 rings (SSSR count). The Morgan fingerprint density at radius 1 is 1.12 bits per heavy atom. The Labute approximate surface area is 143 Å². The lowest BCUT2D eigenvalue weighted by Crippen LogP contribution is -2.40. The predicted octanol–water partition coefficient (Wildman–Crippen LogP) is 2.16. The SMILES string of the molecule is COc1ccc(N2C(=O)[C@@H]3[C@H]4C=C[C@@H]([C@@H]5C[C@@H]45)[C@H]3C2=O)c([N+](=O)[O-])c1. The van der Waals surface area contributed by atoms with Gasteiger partial charge in [-0.15, -0.1) is 0 Å². The van der Waals surface area contributed by atoms with Gasteiger partial charge in [-0.3, -0.25) is 19.7 Å². The summed E-state index contributed by atoms with van der Waals surface area (Å²) in [5.74, 6) is 0.173. The molecule has 1 aromatic carbocycles. The van der Waals surface area contributed by atoms with E-state index in [-0.39, 0.29) is 46.9 Å². The topological polar surface area (TPSA) is 89.8 Å². The number of nitro benzene ring substituents is 1. The molecule has 7 heteroatoms. The molecule has 2 bridgehead atoms. The number of carbonyl (C=O) groups is 2. The van der Waals surface area contributed by atoms with Crippen molar-refractivity contribution in [2.24, 2.45) is 35.5 Å². The fraction of sp³-hybridized carbons (Fsp3) is 0.444. The second-order valence-corrected chi connectivity index (χ2v) is 7.28. The normalized spacial score (nSPS) is 37.1. The Bertz CT molecular complexity index is 827. The van der Waals surface area contributed by atoms with Gasteiger partial charge in [0.05, 0.1) is 29.9 Å². The summed E-state index contributed by atoms with van der Waals surface area (Å²) in [6.07, 6.45) is 5.24. The lowest BCUT2D eigenvalue weighted by Gasteiger charge is -2.37. The fourth-order valence-electron chi connectivity index (χ4n) is 5.16. The summed E-state index contributed by atoms with van der Waals surface area (Å²) < 4.78 is 5.03. The number of amides is 2. The summed E-state index contributed by atoms with van der Waals surface area (Å²) in [6.45, 7) is 0. The highest BCUT2D eigenvalue weighted by atomic mass is 16.6. The summed E-state index contributed by atoms with van der Waals surface area (Å²) in [4.78, 5) is 38.0. The van der Waals surface area contributed by atoms with E-state index >= 15 is 0 Å². The van der Waals surface area contributed by atoms with Crippen molar-refractivity contribution >= 4 is 23.2 Å². The minimum atomic E-state index is -0.579. The van der Waals surface area contributed by atoms with Crippen molar-refractivity contribution in [3.63, 3.8) is 0 Å². The molecule has 6 atom stereocenters. The Balaban J connectivity index is 1.60. The predicted molar refractivity (Wildman–Crippen MR) is 86.8 cm³/mol. The first-order valence-corrected chi connectivity index (χ1v) is 8.41. The Kier molecular flexibility index (Phi) is 2.74. The first-order chi connectivity index (χ1) is 12.0. The first kappa shape index (κ1) is 14.6. The maximum Gasteiger partial charge on any atom is 0.297 e. The van der Waals surface area contributed by atoms with Gasteiger partial charge in [0, 0.05) is 0 Å². The summed E-state index contributed by atoms with van der Waals surface area (Å²) in [5.41, 5.74) is -0.242. The first-order valence-electron chi connectivity index (χ1n) is 8.41. The van der Waals surface area contributed by atoms with Crippen LogP contribution in [0.25, 0.3) is 0 Å². The molecule has 0 aromatic heterocycles. The molecule has 128 valence electrons. The van der Waals surface area contributed by atoms with Crippen LogP contribution in [0.1, 0.15) is 6.42 Å². The van der Waals surface area contributed by atoms with Gasteiger partial charge in [-0.1, -0.05) is 12.2 Å². The van der Waals surface area contributed by atoms with Crippen molar-refractivity contribution in [2.75, 3.05) is 12.0 Å². The van der Waals surface area contributed by atoms with E-state index in [0.29, 0.717) is 17.6 Å². The number of rotatable bonds is 3. The van der Waals surface area contributed by atoms with Crippen LogP contribution >= 0.6 is 0 Å². The molecule has 25 heavy (non-hydrogen) atoms. The van der Waals surface area contributed by atoms with Gasteiger partial charge in [-0.05, 0) is 42.2 Å². The molecule has 3 fully saturated rings. The third kappa shape index (κ3) is 1.75. The van der Waals surface area contributed by atoms with Crippen LogP contribution in [0.4, 0.5) is 11.4 Å². The lowest BCUT2D eigenvalue weighted by atomic mass is 9.63. The van der Waals surface area contributed by atoms with Crippen LogP contribution in [0.3, 0.4) is 0 Å². The molecule has 1 aliphatic heterocycles. The monoisotopic (exact) mass is 340 g/mol. The zero-order valence-corrected chi connectivity index (χ0v) is 13.5. The zero-order valence-electron chi connectivity index (χ0n) is 13.5. The number of hydrogen-bond acceptors (Lipinski definition) is 5. The van der Waals surface area contributed by atoms with Crippen molar-refractivity contribution < 1.29 is 19.2 Å². The van der Waals surface area contributed by atoms with Crippen LogP contribution < -0.4 is 9.64 Å². The number of nitrogens with zero attached hydrogens (tertiary/aromatic N) is 2. The van der Waals surface area contributed by atoms with E-state index in [0.717, 1.165) is 11.3 Å². The molecule has 1 aromatic rings. The number of allylic oxidation sites excluding steroid dienone is 2. The third-order valence-corrected chi connectivity index (χ3v) is 6.28. The van der Waals surface area contributed by atoms with Gasteiger partial charge in [-0.25, -0.2) is 4.90 Å². The van der Waals surface area contributed by atoms with Crippen LogP contribution in [0.2, 0.25) is 0 Å². The van der Waals surface area contributed by atoms with E-state index in [9.17, 15) is 19.7 Å². The highest BCUT2D eigenvalue weighted by molar-refractivity contribution is 6.23. The Morgan fingerprint density at radius 2 is 1.72 bits per heavy atom. The highest BCUT2D eigenvalue weighted by Gasteiger charge is 2.67. The van der Waals surface area contributed by atoms with E-state index in [1.807, 2.05) is 0 Å². The van der Waals surface area contributed by atoms with Crippen molar-refractivity contribution in [1.29, 1.82) is 0 Å². The van der Waals surface area contributed by atoms with Crippen molar-refractivity contribution in [3.05, 3.63) is 40.5 Å². The minimum Gasteiger partial charge on any atom is -0.496 e. The van der Waals surface area contributed by atoms with Gasteiger partial charge in [0.15, 0.2) is 0 Å². The van der Waals surface area contributed by atoms with E-state index < -0.39 is 4.92 Å². The number of nitro groups is 1. The fourth-order valence-corrected chi connectivity index (χ4v) is 5.16. The average molecular weight is 340 g/mol. The third-order valence-electron chi connectivity index (χ3n) is 6.28. The van der Waals surface area contributed by atoms with Gasteiger partial charge >= 0.3 is 0 Å². The standard InChI is InChI=1S/C18H16N2O5/c1-25-8-2-5-13(14(6-8)20(23)24)19-17(21)15-9-3-4-10(12-7-11(9)12)16(15)18(19)22/h2-6,9-12,15-16H,7H2,1H3/t9-,10-,11-,12-,15+,16+/m0/s1. The Hall–Kier alpha value is -2.70. The van der Waals surface area contributed by atoms with Gasteiger partial charge in [-0.2, -0.15) is 0 Å². The summed E-state index contributed by atoms with van der Waals surface area (Å²) >= 11 is 0. The van der Waals surface area contributed by atoms with Crippen LogP contribution in [0.15, 0.2) is 30.4 Å². The van der Waals surface area contributed by atoms with E-state index in [2.05, 4.69) is 12.2 Å². The number of methoxy groups -OCH3 is 1. The molecule has 1 saturated heterocycles. The average Bonchev–Trinajstić information content (AvgIpc) is 3.39. The van der Waals surface area contributed by atoms with E-state index in [1.54, 1.807) is 0 Å². The number of benzene rings is 1. The summed E-state index contributed by atoms with van der Waals surface area (Å²) in [7, 11) is 1.41. The van der Waals surface area contributed by atoms with Gasteiger partial charge < -0.3 is 4.74 Å². The minimum absolute atomic E-state index is 0.0447. The zero-order chi connectivity index (χ0) is 17.5. The number of imide groups is 1. The molecule has 7 nitrogen and oxygen atoms in total. The molecular weight excluding hydrogens is 324 g/mol. The molecule has 2 amide bonds. The number of hydrogen-bond donors (Lipinski definition) is 0. The molecule has 0 spiro atoms. The van der Waals surface area contributed by atoms with Gasteiger partial charge in [0.2, 0.25) is 11.8 Å². The largest absolute Gasteiger partial charge is 0.496 e. The van der Waals surface area contributed by atoms with E-state index in [4.69, 9.17) is 4.74 Å². The van der Waals surface area contributed by atoms with Crippen LogP contribution in [0, 0.1) is 45.6 Å². The van der Waals surface area contributed by atoms with Crippen molar-refractivity contribution in [2.45, 2.75) is 6.42 Å². The van der Waals surface area contributed by atoms with Crippen molar-refractivity contribution in [1.82, 2.24) is 0 Å². The molecule has 1 heterocycles. The van der Waals surface area contributed by atoms with Gasteiger partial charge in [0.25, 0.3) is 5.69 Å². The molecule has 0 radical (unpaired) electrons. The maximum atomic E-state index is 13.1. The Morgan fingerprint density at radius 3 is 2.24 bits per heavy atom. The number of anilines is 1. The molecule has 4 aliphatic carbocycles. The van der Waals surface area contributed by atoms with Crippen molar-refractivity contribution in [3.8, 4) is 5.75 Å². The smallest absolute Gasteiger partial charge is 0.297 e. The highest BCUT2D eigenvalue weighted by Crippen LogP contribution is 2.65. The quantitative estimate of drug-likeness (QED) is 0.364.